The first kappa shape index (κ1) is 17.6. The fraction of sp³-hybridized carbons (Fsp3) is 0.818. The van der Waals surface area contributed by atoms with Crippen LogP contribution in [-0.4, -0.2) is 40.7 Å². The first-order chi connectivity index (χ1) is 8.63. The molecule has 18 heavy (non-hydrogen) atoms. The summed E-state index contributed by atoms with van der Waals surface area (Å²) >= 11 is 3.05. The van der Waals surface area contributed by atoms with Gasteiger partial charge < -0.3 is 5.32 Å². The molecule has 5 nitrogen and oxygen atoms in total. The Hall–Kier alpha value is -0.400. The topological polar surface area (TPSA) is 53.9 Å². The number of hydrogen-bond acceptors (Lipinski definition) is 6. The number of nitrogens with one attached hydrogen (secondary N) is 1. The first-order valence-corrected chi connectivity index (χ1v) is 8.22. The van der Waals surface area contributed by atoms with Gasteiger partial charge in [-0.25, -0.2) is 9.10 Å². The lowest BCUT2D eigenvalue weighted by atomic mass is 10.4. The van der Waals surface area contributed by atoms with Gasteiger partial charge in [-0.3, -0.25) is 4.84 Å². The zero-order valence-corrected chi connectivity index (χ0v) is 13.2. The maximum atomic E-state index is 11.3. The van der Waals surface area contributed by atoms with Gasteiger partial charge in [0.1, 0.15) is 5.04 Å². The second kappa shape index (κ2) is 11.7. The zero-order chi connectivity index (χ0) is 13.8. The van der Waals surface area contributed by atoms with Gasteiger partial charge in [0.2, 0.25) is 0 Å². The molecule has 1 amide bonds. The van der Waals surface area contributed by atoms with Crippen molar-refractivity contribution in [3.8, 4) is 0 Å². The standard InChI is InChI=1S/C11H23N3O2S2/c1-5-7-14(8-6-2)18-9-12-11(15)16-13-10(3)17-4/h5-9H2,1-4H3,(H,12,15). The summed E-state index contributed by atoms with van der Waals surface area (Å²) in [5.41, 5.74) is 0. The summed E-state index contributed by atoms with van der Waals surface area (Å²) in [6.45, 7) is 8.13. The van der Waals surface area contributed by atoms with Crippen molar-refractivity contribution >= 4 is 34.8 Å². The lowest BCUT2D eigenvalue weighted by Crippen LogP contribution is -2.27. The van der Waals surface area contributed by atoms with E-state index < -0.39 is 6.09 Å². The molecule has 1 N–H and O–H groups in total. The molecule has 0 radical (unpaired) electrons. The zero-order valence-electron chi connectivity index (χ0n) is 11.6. The van der Waals surface area contributed by atoms with Crippen molar-refractivity contribution in [1.29, 1.82) is 0 Å². The van der Waals surface area contributed by atoms with E-state index in [0.29, 0.717) is 5.88 Å². The van der Waals surface area contributed by atoms with E-state index >= 15 is 0 Å². The number of carbonyl (C=O) groups is 1. The lowest BCUT2D eigenvalue weighted by molar-refractivity contribution is 0.153. The highest BCUT2D eigenvalue weighted by molar-refractivity contribution is 8.13. The summed E-state index contributed by atoms with van der Waals surface area (Å²) in [5.74, 6) is 0.507. The summed E-state index contributed by atoms with van der Waals surface area (Å²) in [4.78, 5) is 16.0. The van der Waals surface area contributed by atoms with Crippen LogP contribution in [0.1, 0.15) is 33.6 Å². The van der Waals surface area contributed by atoms with Crippen molar-refractivity contribution in [2.24, 2.45) is 5.16 Å². The Morgan fingerprint density at radius 2 is 1.94 bits per heavy atom. The monoisotopic (exact) mass is 293 g/mol. The largest absolute Gasteiger partial charge is 0.434 e. The van der Waals surface area contributed by atoms with E-state index in [-0.39, 0.29) is 0 Å². The molecule has 0 aromatic rings. The van der Waals surface area contributed by atoms with Crippen LogP contribution >= 0.6 is 23.7 Å². The molecule has 0 aromatic heterocycles. The molecule has 0 rings (SSSR count). The highest BCUT2D eigenvalue weighted by atomic mass is 32.2. The summed E-state index contributed by atoms with van der Waals surface area (Å²) < 4.78 is 2.25. The molecule has 106 valence electrons. The number of amides is 1. The number of carbonyl (C=O) groups excluding carboxylic acids is 1. The second-order valence-corrected chi connectivity index (χ2v) is 5.63. The quantitative estimate of drug-likeness (QED) is 0.186. The summed E-state index contributed by atoms with van der Waals surface area (Å²) in [6.07, 6.45) is 3.58. The van der Waals surface area contributed by atoms with E-state index in [2.05, 4.69) is 33.5 Å². The molecule has 0 fully saturated rings. The fourth-order valence-electron chi connectivity index (χ4n) is 1.10. The number of oxime groups is 1. The third-order valence-electron chi connectivity index (χ3n) is 1.96. The van der Waals surface area contributed by atoms with Gasteiger partial charge >= 0.3 is 6.09 Å². The van der Waals surface area contributed by atoms with Gasteiger partial charge in [-0.15, -0.1) is 11.8 Å². The molecule has 7 heteroatoms. The number of thioether (sulfide) groups is 1. The molecule has 0 saturated heterocycles. The number of hydrogen-bond donors (Lipinski definition) is 1. The molecule has 0 unspecified atom stereocenters. The first-order valence-electron chi connectivity index (χ1n) is 6.05. The summed E-state index contributed by atoms with van der Waals surface area (Å²) in [6, 6.07) is 0. The Morgan fingerprint density at radius 3 is 2.44 bits per heavy atom. The van der Waals surface area contributed by atoms with Crippen molar-refractivity contribution in [3.05, 3.63) is 0 Å². The molecule has 0 aliphatic rings. The summed E-state index contributed by atoms with van der Waals surface area (Å²) in [5, 5.41) is 7.03. The van der Waals surface area contributed by atoms with E-state index in [0.717, 1.165) is 31.0 Å². The Kier molecular flexibility index (Phi) is 11.4. The maximum absolute atomic E-state index is 11.3. The number of rotatable bonds is 8. The summed E-state index contributed by atoms with van der Waals surface area (Å²) in [7, 11) is 0. The van der Waals surface area contributed by atoms with Crippen LogP contribution in [-0.2, 0) is 4.84 Å². The molecule has 0 heterocycles. The molecule has 0 atom stereocenters. The Balaban J connectivity index is 3.77. The Bertz CT molecular complexity index is 257. The molecule has 0 saturated carbocycles. The van der Waals surface area contributed by atoms with Gasteiger partial charge in [0, 0.05) is 13.1 Å². The van der Waals surface area contributed by atoms with E-state index in [1.165, 1.54) is 11.8 Å². The SMILES string of the molecule is CCCN(CCC)SCNC(=O)ON=C(C)SC. The van der Waals surface area contributed by atoms with Crippen LogP contribution < -0.4 is 5.32 Å². The maximum Gasteiger partial charge on any atom is 0.434 e. The molecular formula is C11H23N3O2S2. The van der Waals surface area contributed by atoms with Crippen molar-refractivity contribution in [2.75, 3.05) is 25.2 Å². The minimum atomic E-state index is -0.510. The van der Waals surface area contributed by atoms with Crippen LogP contribution in [0.25, 0.3) is 0 Å². The van der Waals surface area contributed by atoms with Crippen LogP contribution in [0.2, 0.25) is 0 Å². The molecule has 0 aliphatic heterocycles. The van der Waals surface area contributed by atoms with E-state index in [1.54, 1.807) is 18.9 Å². The second-order valence-electron chi connectivity index (χ2n) is 3.57. The molecule has 0 spiro atoms. The van der Waals surface area contributed by atoms with E-state index in [1.807, 2.05) is 6.26 Å². The highest BCUT2D eigenvalue weighted by Crippen LogP contribution is 2.09. The van der Waals surface area contributed by atoms with Crippen molar-refractivity contribution in [1.82, 2.24) is 9.62 Å². The third-order valence-corrected chi connectivity index (χ3v) is 3.63. The third kappa shape index (κ3) is 9.61. The normalized spacial score (nSPS) is 11.7. The Morgan fingerprint density at radius 1 is 1.33 bits per heavy atom. The smallest absolute Gasteiger partial charge is 0.309 e. The molecule has 0 aromatic carbocycles. The van der Waals surface area contributed by atoms with Crippen LogP contribution in [0.15, 0.2) is 5.16 Å². The van der Waals surface area contributed by atoms with Crippen LogP contribution in [0, 0.1) is 0 Å². The minimum absolute atomic E-state index is 0.507. The number of nitrogens with zero attached hydrogens (tertiary/aromatic N) is 2. The molecule has 0 bridgehead atoms. The predicted molar refractivity (Wildman–Crippen MR) is 80.9 cm³/mol. The van der Waals surface area contributed by atoms with E-state index in [4.69, 9.17) is 0 Å². The van der Waals surface area contributed by atoms with Gasteiger partial charge in [-0.2, -0.15) is 0 Å². The van der Waals surface area contributed by atoms with Gasteiger partial charge in [-0.1, -0.05) is 31.0 Å². The van der Waals surface area contributed by atoms with Gasteiger partial charge in [0.25, 0.3) is 0 Å². The minimum Gasteiger partial charge on any atom is -0.309 e. The van der Waals surface area contributed by atoms with Gasteiger partial charge in [0.05, 0.1) is 5.88 Å². The van der Waals surface area contributed by atoms with Crippen LogP contribution in [0.3, 0.4) is 0 Å². The fourth-order valence-corrected chi connectivity index (χ4v) is 2.20. The van der Waals surface area contributed by atoms with Crippen LogP contribution in [0.4, 0.5) is 4.79 Å². The van der Waals surface area contributed by atoms with Crippen molar-refractivity contribution in [3.63, 3.8) is 0 Å². The predicted octanol–water partition coefficient (Wildman–Crippen LogP) is 3.14. The lowest BCUT2D eigenvalue weighted by Gasteiger charge is -2.19. The molecule has 0 aliphatic carbocycles. The van der Waals surface area contributed by atoms with Gasteiger partial charge in [0.15, 0.2) is 0 Å². The average molecular weight is 293 g/mol. The highest BCUT2D eigenvalue weighted by Gasteiger charge is 2.05. The van der Waals surface area contributed by atoms with Crippen molar-refractivity contribution < 1.29 is 9.63 Å². The van der Waals surface area contributed by atoms with E-state index in [9.17, 15) is 4.79 Å². The van der Waals surface area contributed by atoms with Crippen molar-refractivity contribution in [2.45, 2.75) is 33.6 Å². The van der Waals surface area contributed by atoms with Gasteiger partial charge in [-0.05, 0) is 26.0 Å². The Labute approximate surface area is 118 Å². The van der Waals surface area contributed by atoms with Crippen LogP contribution in [0.5, 0.6) is 0 Å². The average Bonchev–Trinajstić information content (AvgIpc) is 2.36. The molecular weight excluding hydrogens is 270 g/mol.